The van der Waals surface area contributed by atoms with Crippen molar-refractivity contribution in [2.45, 2.75) is 6.92 Å². The number of carbonyl (C=O) groups excluding carboxylic acids is 2. The minimum Gasteiger partial charge on any atom is -0.462 e. The highest BCUT2D eigenvalue weighted by Crippen LogP contribution is 2.37. The summed E-state index contributed by atoms with van der Waals surface area (Å²) in [5, 5.41) is 5.92. The average Bonchev–Trinajstić information content (AvgIpc) is 3.44. The molecule has 0 saturated heterocycles. The first-order chi connectivity index (χ1) is 15.5. The van der Waals surface area contributed by atoms with Gasteiger partial charge in [-0.15, -0.1) is 11.3 Å². The molecule has 2 heterocycles. The maximum Gasteiger partial charge on any atom is 0.341 e. The van der Waals surface area contributed by atoms with Gasteiger partial charge in [-0.2, -0.15) is 0 Å². The Morgan fingerprint density at radius 3 is 2.56 bits per heavy atom. The first-order valence-corrected chi connectivity index (χ1v) is 11.3. The molecule has 0 spiro atoms. The Hall–Kier alpha value is -3.06. The van der Waals surface area contributed by atoms with Gasteiger partial charge in [-0.25, -0.2) is 4.79 Å². The van der Waals surface area contributed by atoms with Crippen molar-refractivity contribution in [2.75, 3.05) is 11.9 Å². The minimum absolute atomic E-state index is 0.0699. The molecule has 1 N–H and O–H groups in total. The van der Waals surface area contributed by atoms with Crippen molar-refractivity contribution in [2.24, 2.45) is 0 Å². The quantitative estimate of drug-likeness (QED) is 0.288. The van der Waals surface area contributed by atoms with Crippen molar-refractivity contribution in [1.82, 2.24) is 0 Å². The summed E-state index contributed by atoms with van der Waals surface area (Å²) >= 11 is 13.5. The van der Waals surface area contributed by atoms with Gasteiger partial charge in [0.05, 0.1) is 11.6 Å². The van der Waals surface area contributed by atoms with Gasteiger partial charge in [0.1, 0.15) is 16.3 Å². The lowest BCUT2D eigenvalue weighted by Gasteiger charge is -2.08. The van der Waals surface area contributed by atoms with Gasteiger partial charge in [0, 0.05) is 21.5 Å². The second kappa shape index (κ2) is 9.61. The third kappa shape index (κ3) is 4.58. The lowest BCUT2D eigenvalue weighted by Crippen LogP contribution is -2.14. The van der Waals surface area contributed by atoms with Crippen LogP contribution >= 0.6 is 34.5 Å². The summed E-state index contributed by atoms with van der Waals surface area (Å²) in [5.74, 6) is -0.528. The van der Waals surface area contributed by atoms with E-state index in [-0.39, 0.29) is 12.4 Å². The predicted molar refractivity (Wildman–Crippen MR) is 128 cm³/mol. The smallest absolute Gasteiger partial charge is 0.341 e. The van der Waals surface area contributed by atoms with E-state index >= 15 is 0 Å². The molecule has 5 nitrogen and oxygen atoms in total. The number of furan rings is 1. The lowest BCUT2D eigenvalue weighted by molar-refractivity contribution is 0.0529. The van der Waals surface area contributed by atoms with Crippen molar-refractivity contribution in [3.05, 3.63) is 87.4 Å². The van der Waals surface area contributed by atoms with Gasteiger partial charge in [-0.3, -0.25) is 4.79 Å². The second-order valence-electron chi connectivity index (χ2n) is 6.68. The Morgan fingerprint density at radius 1 is 1.03 bits per heavy atom. The van der Waals surface area contributed by atoms with Crippen LogP contribution in [-0.4, -0.2) is 18.5 Å². The summed E-state index contributed by atoms with van der Waals surface area (Å²) in [6, 6.07) is 17.6. The van der Waals surface area contributed by atoms with Gasteiger partial charge in [0.25, 0.3) is 5.91 Å². The Morgan fingerprint density at radius 2 is 1.81 bits per heavy atom. The zero-order chi connectivity index (χ0) is 22.7. The number of carbonyl (C=O) groups is 2. The number of ether oxygens (including phenoxy) is 1. The summed E-state index contributed by atoms with van der Waals surface area (Å²) < 4.78 is 10.9. The topological polar surface area (TPSA) is 68.5 Å². The molecule has 0 saturated carbocycles. The fraction of sp³-hybridized carbons (Fsp3) is 0.0833. The maximum atomic E-state index is 12.9. The highest BCUT2D eigenvalue weighted by atomic mass is 35.5. The van der Waals surface area contributed by atoms with Gasteiger partial charge < -0.3 is 14.5 Å². The summed E-state index contributed by atoms with van der Waals surface area (Å²) in [6.45, 7) is 1.95. The fourth-order valence-corrected chi connectivity index (χ4v) is 4.48. The maximum absolute atomic E-state index is 12.9. The molecule has 4 rings (SSSR count). The van der Waals surface area contributed by atoms with Crippen LogP contribution in [0.15, 0.2) is 70.5 Å². The van der Waals surface area contributed by atoms with Gasteiger partial charge in [-0.05, 0) is 42.8 Å². The van der Waals surface area contributed by atoms with Crippen LogP contribution in [0.5, 0.6) is 0 Å². The van der Waals surface area contributed by atoms with E-state index in [9.17, 15) is 9.59 Å². The van der Waals surface area contributed by atoms with Crippen LogP contribution in [0.3, 0.4) is 0 Å². The predicted octanol–water partition coefficient (Wildman–Crippen LogP) is 7.41. The van der Waals surface area contributed by atoms with Crippen LogP contribution in [0.2, 0.25) is 10.0 Å². The third-order valence-corrected chi connectivity index (χ3v) is 6.07. The van der Waals surface area contributed by atoms with E-state index in [0.29, 0.717) is 37.5 Å². The molecule has 4 aromatic rings. The number of hydrogen-bond acceptors (Lipinski definition) is 5. The number of esters is 1. The van der Waals surface area contributed by atoms with E-state index in [1.165, 1.54) is 17.4 Å². The van der Waals surface area contributed by atoms with Gasteiger partial charge in [0.15, 0.2) is 5.76 Å². The molecule has 0 aliphatic heterocycles. The van der Waals surface area contributed by atoms with Crippen molar-refractivity contribution in [3.63, 3.8) is 0 Å². The SMILES string of the molecule is CCOC(=O)c1c(-c2ccccc2)csc1NC(=O)c1ccc(-c2cc(Cl)ccc2Cl)o1. The van der Waals surface area contributed by atoms with Crippen LogP contribution in [0, 0.1) is 0 Å². The second-order valence-corrected chi connectivity index (χ2v) is 8.41. The summed E-state index contributed by atoms with van der Waals surface area (Å²) in [7, 11) is 0. The van der Waals surface area contributed by atoms with Crippen molar-refractivity contribution >= 4 is 51.4 Å². The number of anilines is 1. The number of rotatable bonds is 6. The van der Waals surface area contributed by atoms with E-state index in [4.69, 9.17) is 32.4 Å². The zero-order valence-electron chi connectivity index (χ0n) is 16.9. The molecule has 162 valence electrons. The summed E-state index contributed by atoms with van der Waals surface area (Å²) in [6.07, 6.45) is 0. The first kappa shape index (κ1) is 22.1. The largest absolute Gasteiger partial charge is 0.462 e. The number of halogens is 2. The van der Waals surface area contributed by atoms with Gasteiger partial charge in [0.2, 0.25) is 0 Å². The van der Waals surface area contributed by atoms with Crippen LogP contribution in [-0.2, 0) is 4.74 Å². The monoisotopic (exact) mass is 485 g/mol. The average molecular weight is 486 g/mol. The molecule has 0 unspecified atom stereocenters. The van der Waals surface area contributed by atoms with E-state index in [1.54, 1.807) is 31.2 Å². The van der Waals surface area contributed by atoms with E-state index in [0.717, 1.165) is 5.56 Å². The molecule has 2 aromatic heterocycles. The summed E-state index contributed by atoms with van der Waals surface area (Å²) in [4.78, 5) is 25.6. The third-order valence-electron chi connectivity index (χ3n) is 4.61. The molecule has 1 amide bonds. The lowest BCUT2D eigenvalue weighted by atomic mass is 10.0. The molecule has 0 fully saturated rings. The molecule has 8 heteroatoms. The van der Waals surface area contributed by atoms with Crippen LogP contribution < -0.4 is 5.32 Å². The molecule has 2 aromatic carbocycles. The molecule has 0 aliphatic rings. The van der Waals surface area contributed by atoms with Crippen LogP contribution in [0.1, 0.15) is 27.8 Å². The number of thiophene rings is 1. The van der Waals surface area contributed by atoms with Crippen molar-refractivity contribution < 1.29 is 18.7 Å². The van der Waals surface area contributed by atoms with Crippen LogP contribution in [0.4, 0.5) is 5.00 Å². The van der Waals surface area contributed by atoms with Gasteiger partial charge >= 0.3 is 5.97 Å². The molecule has 0 bridgehead atoms. The molecule has 32 heavy (non-hydrogen) atoms. The standard InChI is InChI=1S/C24H17Cl2NO4S/c1-2-30-24(29)21-17(14-6-4-3-5-7-14)13-32-23(21)27-22(28)20-11-10-19(31-20)16-12-15(25)8-9-18(16)26/h3-13H,2H2,1H3,(H,27,28). The Labute approximate surface area is 198 Å². The molecule has 0 aliphatic carbocycles. The molecule has 0 radical (unpaired) electrons. The van der Waals surface area contributed by atoms with E-state index in [1.807, 2.05) is 35.7 Å². The highest BCUT2D eigenvalue weighted by molar-refractivity contribution is 7.15. The number of nitrogens with one attached hydrogen (secondary N) is 1. The Balaban J connectivity index is 1.64. The normalized spacial score (nSPS) is 10.7. The Kier molecular flexibility index (Phi) is 6.65. The number of benzene rings is 2. The van der Waals surface area contributed by atoms with E-state index in [2.05, 4.69) is 5.32 Å². The van der Waals surface area contributed by atoms with Crippen molar-refractivity contribution in [1.29, 1.82) is 0 Å². The number of amides is 1. The van der Waals surface area contributed by atoms with Crippen molar-refractivity contribution in [3.8, 4) is 22.5 Å². The fourth-order valence-electron chi connectivity index (χ4n) is 3.14. The Bertz CT molecular complexity index is 1280. The van der Waals surface area contributed by atoms with Crippen LogP contribution in [0.25, 0.3) is 22.5 Å². The highest BCUT2D eigenvalue weighted by Gasteiger charge is 2.24. The zero-order valence-corrected chi connectivity index (χ0v) is 19.2. The minimum atomic E-state index is -0.506. The summed E-state index contributed by atoms with van der Waals surface area (Å²) in [5.41, 5.74) is 2.42. The van der Waals surface area contributed by atoms with Gasteiger partial charge in [-0.1, -0.05) is 53.5 Å². The molecule has 0 atom stereocenters. The van der Waals surface area contributed by atoms with E-state index < -0.39 is 11.9 Å². The molecular weight excluding hydrogens is 469 g/mol. The number of hydrogen-bond donors (Lipinski definition) is 1. The first-order valence-electron chi connectivity index (χ1n) is 9.68. The molecular formula is C24H17Cl2NO4S.